The molecule has 0 unspecified atom stereocenters. The number of carbonyl (C=O) groups is 1. The van der Waals surface area contributed by atoms with E-state index in [4.69, 9.17) is 19.3 Å². The first-order valence-corrected chi connectivity index (χ1v) is 15.1. The number of carbonyl (C=O) groups excluding carboxylic acids is 1. The molecule has 1 heterocycles. The molecule has 0 radical (unpaired) electrons. The number of anilines is 2. The van der Waals surface area contributed by atoms with Gasteiger partial charge in [-0.1, -0.05) is 34.1 Å². The van der Waals surface area contributed by atoms with Gasteiger partial charge in [0.25, 0.3) is 5.91 Å². The molecule has 1 aliphatic heterocycles. The molecule has 0 aliphatic carbocycles. The summed E-state index contributed by atoms with van der Waals surface area (Å²) in [5, 5.41) is 9.13. The van der Waals surface area contributed by atoms with E-state index in [9.17, 15) is 26.4 Å². The number of hydrogen-bond donors (Lipinski definition) is 2. The minimum absolute atomic E-state index is 0.0670. The highest BCUT2D eigenvalue weighted by molar-refractivity contribution is 9.10. The molecule has 42 heavy (non-hydrogen) atoms. The van der Waals surface area contributed by atoms with E-state index in [0.717, 1.165) is 17.7 Å². The summed E-state index contributed by atoms with van der Waals surface area (Å²) in [5.74, 6) is -0.696. The molecule has 14 heteroatoms. The maximum absolute atomic E-state index is 13.5. The number of amides is 1. The number of rotatable bonds is 12. The second-order valence-corrected chi connectivity index (χ2v) is 12.0. The standard InChI is InChI=1S/C28H28BrF3N2O7S/c1-39-11-12-40-17-41-26-7-4-21(16-25(26)33-42(37,38)13-10-35)34-9-8-19-14-18(2-5-23(19)27(34)36)22-6-3-20(15-24(22)29)28(30,31)32/h2-7,14-16,33,35H,8-13,17H2,1H3. The Labute approximate surface area is 249 Å². The molecule has 0 saturated carbocycles. The largest absolute Gasteiger partial charge is 0.465 e. The lowest BCUT2D eigenvalue weighted by atomic mass is 9.93. The van der Waals surface area contributed by atoms with Gasteiger partial charge in [0.2, 0.25) is 10.0 Å². The molecule has 4 rings (SSSR count). The van der Waals surface area contributed by atoms with Crippen LogP contribution in [-0.2, 0) is 32.1 Å². The molecule has 0 bridgehead atoms. The molecule has 9 nitrogen and oxygen atoms in total. The molecule has 3 aromatic carbocycles. The molecule has 3 aromatic rings. The molecule has 0 fully saturated rings. The highest BCUT2D eigenvalue weighted by Crippen LogP contribution is 2.38. The Morgan fingerprint density at radius 3 is 2.50 bits per heavy atom. The van der Waals surface area contributed by atoms with Crippen molar-refractivity contribution >= 4 is 43.2 Å². The van der Waals surface area contributed by atoms with Crippen molar-refractivity contribution in [2.75, 3.05) is 55.6 Å². The number of ether oxygens (including phenoxy) is 3. The first kappa shape index (κ1) is 31.8. The van der Waals surface area contributed by atoms with Crippen LogP contribution in [0.3, 0.4) is 0 Å². The predicted molar refractivity (Wildman–Crippen MR) is 154 cm³/mol. The predicted octanol–water partition coefficient (Wildman–Crippen LogP) is 5.07. The summed E-state index contributed by atoms with van der Waals surface area (Å²) in [6.45, 7) is 0.120. The number of sulfonamides is 1. The number of fused-ring (bicyclic) bond motifs is 1. The summed E-state index contributed by atoms with van der Waals surface area (Å²) in [6.07, 6.45) is -4.02. The topological polar surface area (TPSA) is 114 Å². The molecule has 0 saturated heterocycles. The maximum Gasteiger partial charge on any atom is 0.416 e. The number of nitrogens with one attached hydrogen (secondary N) is 1. The molecule has 1 aliphatic rings. The first-order chi connectivity index (χ1) is 19.9. The van der Waals surface area contributed by atoms with Gasteiger partial charge in [-0.05, 0) is 59.5 Å². The molecule has 0 aromatic heterocycles. The van der Waals surface area contributed by atoms with Gasteiger partial charge in [0.15, 0.2) is 6.79 Å². The number of nitrogens with zero attached hydrogens (tertiary/aromatic N) is 1. The minimum Gasteiger partial charge on any atom is -0.465 e. The van der Waals surface area contributed by atoms with Gasteiger partial charge in [-0.3, -0.25) is 9.52 Å². The van der Waals surface area contributed by atoms with E-state index >= 15 is 0 Å². The highest BCUT2D eigenvalue weighted by Gasteiger charge is 2.31. The zero-order chi connectivity index (χ0) is 30.5. The van der Waals surface area contributed by atoms with E-state index in [-0.39, 0.29) is 41.8 Å². The zero-order valence-electron chi connectivity index (χ0n) is 22.4. The van der Waals surface area contributed by atoms with Crippen LogP contribution < -0.4 is 14.4 Å². The van der Waals surface area contributed by atoms with Crippen LogP contribution in [-0.4, -0.2) is 65.5 Å². The van der Waals surface area contributed by atoms with E-state index in [1.54, 1.807) is 24.3 Å². The molecule has 226 valence electrons. The van der Waals surface area contributed by atoms with Crippen molar-refractivity contribution in [3.63, 3.8) is 0 Å². The van der Waals surface area contributed by atoms with Crippen molar-refractivity contribution in [2.45, 2.75) is 12.6 Å². The van der Waals surface area contributed by atoms with Crippen LogP contribution in [0.2, 0.25) is 0 Å². The first-order valence-electron chi connectivity index (χ1n) is 12.7. The number of aliphatic hydroxyl groups excluding tert-OH is 1. The second-order valence-electron chi connectivity index (χ2n) is 9.26. The molecular formula is C28H28BrF3N2O7S. The Morgan fingerprint density at radius 1 is 1.05 bits per heavy atom. The quantitative estimate of drug-likeness (QED) is 0.204. The number of methoxy groups -OCH3 is 1. The fourth-order valence-electron chi connectivity index (χ4n) is 4.36. The minimum atomic E-state index is -4.46. The van der Waals surface area contributed by atoms with E-state index < -0.39 is 34.1 Å². The lowest BCUT2D eigenvalue weighted by molar-refractivity contribution is -0.137. The van der Waals surface area contributed by atoms with Crippen molar-refractivity contribution < 1.29 is 45.7 Å². The van der Waals surface area contributed by atoms with Crippen molar-refractivity contribution in [2.24, 2.45) is 0 Å². The Balaban J connectivity index is 1.59. The smallest absolute Gasteiger partial charge is 0.416 e. The lowest BCUT2D eigenvalue weighted by Crippen LogP contribution is -2.37. The Kier molecular flexibility index (Phi) is 10.1. The van der Waals surface area contributed by atoms with Gasteiger partial charge in [0.1, 0.15) is 5.75 Å². The van der Waals surface area contributed by atoms with Crippen LogP contribution in [0, 0.1) is 0 Å². The fourth-order valence-corrected chi connectivity index (χ4v) is 5.81. The van der Waals surface area contributed by atoms with E-state index in [0.29, 0.717) is 35.4 Å². The third kappa shape index (κ3) is 7.61. The van der Waals surface area contributed by atoms with Gasteiger partial charge in [-0.15, -0.1) is 0 Å². The normalized spacial score (nSPS) is 13.7. The van der Waals surface area contributed by atoms with Crippen LogP contribution in [0.15, 0.2) is 59.1 Å². The van der Waals surface area contributed by atoms with Crippen molar-refractivity contribution in [1.29, 1.82) is 0 Å². The third-order valence-electron chi connectivity index (χ3n) is 6.42. The summed E-state index contributed by atoms with van der Waals surface area (Å²) in [4.78, 5) is 15.0. The SMILES string of the molecule is COCCOCOc1ccc(N2CCc3cc(-c4ccc(C(F)(F)F)cc4Br)ccc3C2=O)cc1NS(=O)(=O)CCO. The summed E-state index contributed by atoms with van der Waals surface area (Å²) < 4.78 is 82.5. The van der Waals surface area contributed by atoms with Crippen LogP contribution in [0.5, 0.6) is 5.75 Å². The third-order valence-corrected chi connectivity index (χ3v) is 8.33. The van der Waals surface area contributed by atoms with Crippen LogP contribution in [0.4, 0.5) is 24.5 Å². The van der Waals surface area contributed by atoms with Crippen LogP contribution in [0.25, 0.3) is 11.1 Å². The van der Waals surface area contributed by atoms with Gasteiger partial charge < -0.3 is 24.2 Å². The van der Waals surface area contributed by atoms with Crippen molar-refractivity contribution in [3.8, 4) is 16.9 Å². The van der Waals surface area contributed by atoms with Gasteiger partial charge in [-0.25, -0.2) is 8.42 Å². The number of alkyl halides is 3. The maximum atomic E-state index is 13.5. The molecule has 1 amide bonds. The molecule has 2 N–H and O–H groups in total. The van der Waals surface area contributed by atoms with Crippen LogP contribution in [0.1, 0.15) is 21.5 Å². The van der Waals surface area contributed by atoms with E-state index in [1.165, 1.54) is 30.2 Å². The monoisotopic (exact) mass is 672 g/mol. The Hall–Kier alpha value is -3.17. The molecule has 0 spiro atoms. The van der Waals surface area contributed by atoms with Gasteiger partial charge in [-0.2, -0.15) is 13.2 Å². The van der Waals surface area contributed by atoms with Crippen LogP contribution >= 0.6 is 15.9 Å². The molecule has 0 atom stereocenters. The lowest BCUT2D eigenvalue weighted by Gasteiger charge is -2.29. The van der Waals surface area contributed by atoms with E-state index in [2.05, 4.69) is 20.7 Å². The zero-order valence-corrected chi connectivity index (χ0v) is 24.8. The second kappa shape index (κ2) is 13.4. The Morgan fingerprint density at radius 2 is 1.81 bits per heavy atom. The van der Waals surface area contributed by atoms with Crippen molar-refractivity contribution in [3.05, 3.63) is 75.8 Å². The number of hydrogen-bond acceptors (Lipinski definition) is 7. The van der Waals surface area contributed by atoms with Gasteiger partial charge in [0, 0.05) is 29.4 Å². The average molecular weight is 674 g/mol. The number of benzene rings is 3. The van der Waals surface area contributed by atoms with Gasteiger partial charge in [0.05, 0.1) is 36.8 Å². The number of aliphatic hydroxyl groups is 1. The van der Waals surface area contributed by atoms with Crippen molar-refractivity contribution in [1.82, 2.24) is 0 Å². The van der Waals surface area contributed by atoms with E-state index in [1.807, 2.05) is 0 Å². The molecular weight excluding hydrogens is 645 g/mol. The summed E-state index contributed by atoms with van der Waals surface area (Å²) in [7, 11) is -2.39. The Bertz CT molecular complexity index is 1550. The summed E-state index contributed by atoms with van der Waals surface area (Å²) in [5.41, 5.74) is 2.08. The number of halogens is 4. The highest BCUT2D eigenvalue weighted by atomic mass is 79.9. The summed E-state index contributed by atoms with van der Waals surface area (Å²) in [6, 6.07) is 13.1. The summed E-state index contributed by atoms with van der Waals surface area (Å²) >= 11 is 3.23. The van der Waals surface area contributed by atoms with Gasteiger partial charge >= 0.3 is 6.18 Å². The average Bonchev–Trinajstić information content (AvgIpc) is 2.93. The fraction of sp³-hybridized carbons (Fsp3) is 0.321.